The number of carbonyl (C=O) groups excluding carboxylic acids is 2. The summed E-state index contributed by atoms with van der Waals surface area (Å²) in [5.74, 6) is -0.407. The van der Waals surface area contributed by atoms with E-state index in [1.165, 1.54) is 10.4 Å². The van der Waals surface area contributed by atoms with E-state index < -0.39 is 16.1 Å². The maximum absolute atomic E-state index is 13.4. The Morgan fingerprint density at radius 2 is 1.78 bits per heavy atom. The predicted molar refractivity (Wildman–Crippen MR) is 125 cm³/mol. The Hall–Kier alpha value is -2.71. The molecule has 1 aliphatic rings. The Labute approximate surface area is 190 Å². The van der Waals surface area contributed by atoms with Crippen LogP contribution >= 0.6 is 0 Å². The first kappa shape index (κ1) is 23.9. The monoisotopic (exact) mass is 457 g/mol. The van der Waals surface area contributed by atoms with Gasteiger partial charge in [0.15, 0.2) is 0 Å². The highest BCUT2D eigenvalue weighted by Crippen LogP contribution is 2.29. The largest absolute Gasteiger partial charge is 0.327 e. The lowest BCUT2D eigenvalue weighted by Gasteiger charge is -2.34. The fraction of sp³-hybridized carbons (Fsp3) is 0.417. The van der Waals surface area contributed by atoms with Crippen LogP contribution in [0.25, 0.3) is 0 Å². The van der Waals surface area contributed by atoms with Gasteiger partial charge in [-0.2, -0.15) is 4.31 Å². The second kappa shape index (κ2) is 10.3. The molecule has 0 saturated carbocycles. The number of sulfonamides is 1. The molecule has 1 saturated heterocycles. The summed E-state index contributed by atoms with van der Waals surface area (Å²) in [6.07, 6.45) is 2.09. The normalized spacial score (nSPS) is 15.6. The zero-order chi connectivity index (χ0) is 23.3. The number of carbonyl (C=O) groups is 2. The molecule has 1 atom stereocenters. The van der Waals surface area contributed by atoms with E-state index >= 15 is 0 Å². The van der Waals surface area contributed by atoms with Crippen molar-refractivity contribution in [1.82, 2.24) is 9.21 Å². The van der Waals surface area contributed by atoms with Crippen LogP contribution in [0.3, 0.4) is 0 Å². The summed E-state index contributed by atoms with van der Waals surface area (Å²) in [6, 6.07) is 13.3. The van der Waals surface area contributed by atoms with Crippen LogP contribution in [-0.2, 0) is 19.6 Å². The minimum Gasteiger partial charge on any atom is -0.327 e. The summed E-state index contributed by atoms with van der Waals surface area (Å²) >= 11 is 0. The molecule has 3 rings (SSSR count). The van der Waals surface area contributed by atoms with Crippen molar-refractivity contribution in [1.29, 1.82) is 0 Å². The molecule has 7 nitrogen and oxygen atoms in total. The lowest BCUT2D eigenvalue weighted by Crippen LogP contribution is -2.43. The number of nitrogens with zero attached hydrogens (tertiary/aromatic N) is 2. The first-order valence-electron chi connectivity index (χ1n) is 11.1. The third kappa shape index (κ3) is 5.02. The van der Waals surface area contributed by atoms with Crippen LogP contribution in [0.4, 0.5) is 5.69 Å². The number of hydrogen-bond donors (Lipinski definition) is 1. The fourth-order valence-electron chi connectivity index (χ4n) is 4.08. The van der Waals surface area contributed by atoms with Crippen LogP contribution in [0.2, 0.25) is 0 Å². The standard InChI is InChI=1S/C24H31N3O4S/c1-4-26(5-2)32(30,31)21-17-20(15-14-18(21)3)25-24(29)23(19-11-7-6-8-12-19)27-16-10-9-13-22(27)28/h6-8,11-12,14-15,17,23H,4-5,9-10,13,16H2,1-3H3,(H,25,29). The summed E-state index contributed by atoms with van der Waals surface area (Å²) in [7, 11) is -3.67. The number of nitrogens with one attached hydrogen (secondary N) is 1. The number of hydrogen-bond acceptors (Lipinski definition) is 4. The van der Waals surface area contributed by atoms with Crippen LogP contribution in [0, 0.1) is 6.92 Å². The van der Waals surface area contributed by atoms with Gasteiger partial charge in [0.1, 0.15) is 6.04 Å². The molecule has 0 aliphatic carbocycles. The zero-order valence-corrected chi connectivity index (χ0v) is 19.7. The Morgan fingerprint density at radius 3 is 2.41 bits per heavy atom. The number of anilines is 1. The predicted octanol–water partition coefficient (Wildman–Crippen LogP) is 3.72. The zero-order valence-electron chi connectivity index (χ0n) is 18.9. The van der Waals surface area contributed by atoms with Gasteiger partial charge in [0.2, 0.25) is 15.9 Å². The lowest BCUT2D eigenvalue weighted by molar-refractivity contribution is -0.141. The van der Waals surface area contributed by atoms with Crippen LogP contribution in [0.15, 0.2) is 53.4 Å². The smallest absolute Gasteiger partial charge is 0.251 e. The quantitative estimate of drug-likeness (QED) is 0.655. The molecule has 32 heavy (non-hydrogen) atoms. The van der Waals surface area contributed by atoms with Crippen LogP contribution in [0.1, 0.15) is 50.3 Å². The number of aryl methyl sites for hydroxylation is 1. The van der Waals surface area contributed by atoms with Crippen molar-refractivity contribution in [2.75, 3.05) is 25.0 Å². The van der Waals surface area contributed by atoms with Gasteiger partial charge in [-0.05, 0) is 43.0 Å². The van der Waals surface area contributed by atoms with Gasteiger partial charge >= 0.3 is 0 Å². The highest BCUT2D eigenvalue weighted by atomic mass is 32.2. The highest BCUT2D eigenvalue weighted by molar-refractivity contribution is 7.89. The maximum atomic E-state index is 13.4. The molecule has 2 aromatic rings. The number of rotatable bonds is 8. The molecule has 8 heteroatoms. The van der Waals surface area contributed by atoms with Gasteiger partial charge in [0.05, 0.1) is 4.90 Å². The first-order valence-corrected chi connectivity index (χ1v) is 12.5. The van der Waals surface area contributed by atoms with Crippen molar-refractivity contribution in [3.63, 3.8) is 0 Å². The molecule has 2 aromatic carbocycles. The van der Waals surface area contributed by atoms with Gasteiger partial charge in [-0.15, -0.1) is 0 Å². The van der Waals surface area contributed by atoms with E-state index in [1.807, 2.05) is 30.3 Å². The average molecular weight is 458 g/mol. The third-order valence-electron chi connectivity index (χ3n) is 5.81. The SMILES string of the molecule is CCN(CC)S(=O)(=O)c1cc(NC(=O)C(c2ccccc2)N2CCCCC2=O)ccc1C. The van der Waals surface area contributed by atoms with Gasteiger partial charge in [0.25, 0.3) is 5.91 Å². The summed E-state index contributed by atoms with van der Waals surface area (Å²) in [5.41, 5.74) is 1.72. The number of amides is 2. The minimum absolute atomic E-state index is 0.0473. The van der Waals surface area contributed by atoms with E-state index in [1.54, 1.807) is 37.8 Å². The molecular formula is C24H31N3O4S. The Morgan fingerprint density at radius 1 is 1.09 bits per heavy atom. The van der Waals surface area contributed by atoms with Crippen molar-refractivity contribution >= 4 is 27.5 Å². The molecule has 2 amide bonds. The summed E-state index contributed by atoms with van der Waals surface area (Å²) in [4.78, 5) is 27.8. The van der Waals surface area contributed by atoms with Crippen LogP contribution in [-0.4, -0.2) is 49.1 Å². The highest BCUT2D eigenvalue weighted by Gasteiger charge is 2.33. The number of piperidine rings is 1. The molecule has 1 fully saturated rings. The van der Waals surface area contributed by atoms with Crippen molar-refractivity contribution in [2.45, 2.75) is 51.0 Å². The molecule has 0 aromatic heterocycles. The number of benzene rings is 2. The van der Waals surface area contributed by atoms with Crippen molar-refractivity contribution in [3.05, 3.63) is 59.7 Å². The topological polar surface area (TPSA) is 86.8 Å². The van der Waals surface area contributed by atoms with Gasteiger partial charge < -0.3 is 10.2 Å². The molecule has 1 aliphatic heterocycles. The van der Waals surface area contributed by atoms with Gasteiger partial charge in [-0.1, -0.05) is 50.2 Å². The maximum Gasteiger partial charge on any atom is 0.251 e. The molecule has 1 unspecified atom stereocenters. The molecule has 0 spiro atoms. The first-order chi connectivity index (χ1) is 15.3. The summed E-state index contributed by atoms with van der Waals surface area (Å²) in [6.45, 7) is 6.57. The summed E-state index contributed by atoms with van der Waals surface area (Å²) in [5, 5.41) is 2.86. The second-order valence-corrected chi connectivity index (χ2v) is 9.82. The van der Waals surface area contributed by atoms with Crippen LogP contribution in [0.5, 0.6) is 0 Å². The van der Waals surface area contributed by atoms with E-state index in [0.29, 0.717) is 37.3 Å². The Balaban J connectivity index is 1.94. The molecule has 0 radical (unpaired) electrons. The molecule has 1 heterocycles. The third-order valence-corrected chi connectivity index (χ3v) is 8.01. The fourth-order valence-corrected chi connectivity index (χ4v) is 5.79. The Bertz CT molecular complexity index is 1070. The molecular weight excluding hydrogens is 426 g/mol. The van der Waals surface area contributed by atoms with E-state index in [0.717, 1.165) is 18.4 Å². The minimum atomic E-state index is -3.67. The van der Waals surface area contributed by atoms with E-state index in [4.69, 9.17) is 0 Å². The summed E-state index contributed by atoms with van der Waals surface area (Å²) < 4.78 is 27.5. The van der Waals surface area contributed by atoms with E-state index in [-0.39, 0.29) is 16.7 Å². The van der Waals surface area contributed by atoms with Gasteiger partial charge in [0, 0.05) is 31.7 Å². The van der Waals surface area contributed by atoms with Gasteiger partial charge in [-0.25, -0.2) is 8.42 Å². The van der Waals surface area contributed by atoms with Crippen molar-refractivity contribution < 1.29 is 18.0 Å². The molecule has 0 bridgehead atoms. The molecule has 1 N–H and O–H groups in total. The average Bonchev–Trinajstić information content (AvgIpc) is 2.78. The lowest BCUT2D eigenvalue weighted by atomic mass is 10.0. The number of likely N-dealkylation sites (tertiary alicyclic amines) is 1. The van der Waals surface area contributed by atoms with Gasteiger partial charge in [-0.3, -0.25) is 9.59 Å². The Kier molecular flexibility index (Phi) is 7.69. The molecule has 172 valence electrons. The van der Waals surface area contributed by atoms with Crippen molar-refractivity contribution in [3.8, 4) is 0 Å². The van der Waals surface area contributed by atoms with Crippen LogP contribution < -0.4 is 5.32 Å². The van der Waals surface area contributed by atoms with E-state index in [9.17, 15) is 18.0 Å². The second-order valence-electron chi connectivity index (χ2n) is 7.92. The van der Waals surface area contributed by atoms with E-state index in [2.05, 4.69) is 5.32 Å². The van der Waals surface area contributed by atoms with Crippen molar-refractivity contribution in [2.24, 2.45) is 0 Å².